The van der Waals surface area contributed by atoms with E-state index in [-0.39, 0.29) is 38.6 Å². The number of nitrogens with one attached hydrogen (secondary N) is 2. The number of likely N-dealkylation sites (tertiary alicyclic amines) is 1. The maximum Gasteiger partial charge on any atom is 0.407 e. The van der Waals surface area contributed by atoms with Gasteiger partial charge in [-0.25, -0.2) is 31.6 Å². The lowest BCUT2D eigenvalue weighted by Gasteiger charge is -2.42. The molecule has 1 aliphatic heterocycles. The summed E-state index contributed by atoms with van der Waals surface area (Å²) < 4.78 is 47.0. The van der Waals surface area contributed by atoms with Gasteiger partial charge in [-0.05, 0) is 95.4 Å². The van der Waals surface area contributed by atoms with Gasteiger partial charge in [-0.2, -0.15) is 0 Å². The summed E-state index contributed by atoms with van der Waals surface area (Å²) in [5.74, 6) is -1.94. The van der Waals surface area contributed by atoms with E-state index in [4.69, 9.17) is 10.5 Å². The third-order valence-electron chi connectivity index (χ3n) is 11.1. The number of nitrogens with two attached hydrogens (primary N) is 1. The summed E-state index contributed by atoms with van der Waals surface area (Å²) in [5, 5.41) is 2.67. The second kappa shape index (κ2) is 15.8. The topological polar surface area (TPSA) is 162 Å². The molecule has 13 heteroatoms. The van der Waals surface area contributed by atoms with Gasteiger partial charge in [-0.3, -0.25) is 9.59 Å². The first-order valence-electron chi connectivity index (χ1n) is 18.2. The van der Waals surface area contributed by atoms with Crippen LogP contribution in [0, 0.1) is 23.7 Å². The fraction of sp³-hybridized carbons (Fsp3) is 0.579. The van der Waals surface area contributed by atoms with Crippen molar-refractivity contribution >= 4 is 39.5 Å². The predicted molar refractivity (Wildman–Crippen MR) is 191 cm³/mol. The van der Waals surface area contributed by atoms with Crippen LogP contribution in [0.15, 0.2) is 59.5 Å². The van der Waals surface area contributed by atoms with Crippen molar-refractivity contribution in [1.29, 1.82) is 0 Å². The molecule has 0 aromatic heterocycles. The van der Waals surface area contributed by atoms with Crippen molar-refractivity contribution in [3.8, 4) is 0 Å². The highest BCUT2D eigenvalue weighted by atomic mass is 32.2. The molecule has 4 atom stereocenters. The summed E-state index contributed by atoms with van der Waals surface area (Å²) in [5.41, 5.74) is 6.10. The van der Waals surface area contributed by atoms with Gasteiger partial charge in [0.2, 0.25) is 0 Å². The lowest BCUT2D eigenvalue weighted by molar-refractivity contribution is -0.142. The number of quaternary nitrogens is 1. The Kier molecular flexibility index (Phi) is 11.9. The van der Waals surface area contributed by atoms with Crippen molar-refractivity contribution in [1.82, 2.24) is 14.5 Å². The largest absolute Gasteiger partial charge is 0.444 e. The SMILES string of the molecule is CC(C)(C)OC(=O)N[C@H](CF)C1CCC(C(=O)[N+]2(c3ccc(C(=O)NS(=O)(=O)c4ccccc4)cc3)CC[C@@H](C3CCCCC3)[C@H]2C(N)=O)CC1. The Bertz CT molecular complexity index is 1670. The van der Waals surface area contributed by atoms with E-state index in [0.29, 0.717) is 44.3 Å². The second-order valence-electron chi connectivity index (χ2n) is 15.4. The molecule has 4 N–H and O–H groups in total. The minimum Gasteiger partial charge on any atom is -0.444 e. The minimum atomic E-state index is -4.11. The number of benzene rings is 2. The molecule has 1 saturated heterocycles. The summed E-state index contributed by atoms with van der Waals surface area (Å²) in [4.78, 5) is 53.9. The molecule has 51 heavy (non-hydrogen) atoms. The molecule has 4 amide bonds. The Morgan fingerprint density at radius 3 is 2.10 bits per heavy atom. The Hall–Kier alpha value is -3.84. The quantitative estimate of drug-likeness (QED) is 0.262. The van der Waals surface area contributed by atoms with Crippen LogP contribution >= 0.6 is 0 Å². The van der Waals surface area contributed by atoms with Crippen molar-refractivity contribution in [3.63, 3.8) is 0 Å². The number of sulfonamides is 1. The lowest BCUT2D eigenvalue weighted by Crippen LogP contribution is -2.65. The average molecular weight is 728 g/mol. The molecule has 278 valence electrons. The monoisotopic (exact) mass is 727 g/mol. The van der Waals surface area contributed by atoms with E-state index < -0.39 is 58.2 Å². The number of rotatable bonds is 10. The Labute approximate surface area is 300 Å². The van der Waals surface area contributed by atoms with E-state index >= 15 is 0 Å². The van der Waals surface area contributed by atoms with E-state index in [2.05, 4.69) is 10.0 Å². The molecular weight excluding hydrogens is 676 g/mol. The van der Waals surface area contributed by atoms with Crippen LogP contribution in [-0.4, -0.2) is 63.1 Å². The first-order valence-corrected chi connectivity index (χ1v) is 19.6. The molecule has 0 spiro atoms. The van der Waals surface area contributed by atoms with Crippen LogP contribution in [0.2, 0.25) is 0 Å². The van der Waals surface area contributed by atoms with Crippen LogP contribution in [0.3, 0.4) is 0 Å². The third-order valence-corrected chi connectivity index (χ3v) is 12.4. The van der Waals surface area contributed by atoms with Crippen molar-refractivity contribution < 1.29 is 36.7 Å². The van der Waals surface area contributed by atoms with Crippen LogP contribution in [0.5, 0.6) is 0 Å². The number of ether oxygens (including phenoxy) is 1. The van der Waals surface area contributed by atoms with Crippen molar-refractivity contribution in [2.24, 2.45) is 29.4 Å². The standard InChI is InChI=1S/C38H51FN4O7S/c1-38(2,3)50-37(47)41-32(24-39)26-14-16-28(17-15-26)36(46)43(23-22-31(33(43)34(40)44)25-10-6-4-7-11-25)29-20-18-27(19-21-29)35(45)42-51(48,49)30-12-8-5-9-13-30/h5,8-9,12-13,18-21,25-26,28,31-33H,4,6-7,10-11,14-17,22-24H2,1-3H3,(H3-,40,41,42,44,45,47)/p+1/t26?,28?,31-,32+,33-,43?/m0/s1. The third kappa shape index (κ3) is 8.63. The zero-order valence-corrected chi connectivity index (χ0v) is 30.6. The molecule has 2 saturated carbocycles. The average Bonchev–Trinajstić information content (AvgIpc) is 3.52. The Morgan fingerprint density at radius 2 is 1.53 bits per heavy atom. The molecule has 1 unspecified atom stereocenters. The van der Waals surface area contributed by atoms with E-state index in [9.17, 15) is 32.0 Å². The highest BCUT2D eigenvalue weighted by Crippen LogP contribution is 2.47. The molecule has 11 nitrogen and oxygen atoms in total. The maximum atomic E-state index is 15.0. The molecule has 1 heterocycles. The predicted octanol–water partition coefficient (Wildman–Crippen LogP) is 5.76. The van der Waals surface area contributed by atoms with Gasteiger partial charge in [0.25, 0.3) is 21.8 Å². The molecular formula is C38H52FN4O7S+. The Balaban J connectivity index is 1.40. The van der Waals surface area contributed by atoms with Gasteiger partial charge in [0.15, 0.2) is 6.04 Å². The van der Waals surface area contributed by atoms with Gasteiger partial charge in [-0.1, -0.05) is 37.5 Å². The van der Waals surface area contributed by atoms with Crippen LogP contribution in [-0.2, 0) is 24.3 Å². The van der Waals surface area contributed by atoms with Crippen molar-refractivity contribution in [3.05, 3.63) is 60.2 Å². The van der Waals surface area contributed by atoms with Gasteiger partial charge >= 0.3 is 12.0 Å². The number of hydrogen-bond donors (Lipinski definition) is 3. The highest BCUT2D eigenvalue weighted by Gasteiger charge is 2.60. The van der Waals surface area contributed by atoms with Crippen LogP contribution in [0.1, 0.15) is 95.3 Å². The Morgan fingerprint density at radius 1 is 0.902 bits per heavy atom. The van der Waals surface area contributed by atoms with Crippen LogP contribution < -0.4 is 20.3 Å². The zero-order valence-electron chi connectivity index (χ0n) is 29.8. The van der Waals surface area contributed by atoms with Crippen LogP contribution in [0.4, 0.5) is 14.9 Å². The first-order chi connectivity index (χ1) is 24.2. The molecule has 3 fully saturated rings. The van der Waals surface area contributed by atoms with Gasteiger partial charge in [0.1, 0.15) is 18.0 Å². The summed E-state index contributed by atoms with van der Waals surface area (Å²) in [7, 11) is -4.11. The molecule has 2 aromatic rings. The van der Waals surface area contributed by atoms with E-state index in [0.717, 1.165) is 32.1 Å². The summed E-state index contributed by atoms with van der Waals surface area (Å²) in [6.07, 6.45) is 7.07. The van der Waals surface area contributed by atoms with Gasteiger partial charge in [0.05, 0.1) is 23.4 Å². The molecule has 0 bridgehead atoms. The maximum absolute atomic E-state index is 15.0. The first kappa shape index (κ1) is 38.4. The molecule has 2 aromatic carbocycles. The normalized spacial score (nSPS) is 26.5. The number of alkyl carbamates (subject to hydrolysis) is 1. The van der Waals surface area contributed by atoms with E-state index in [1.165, 1.54) is 24.3 Å². The number of primary amides is 1. The molecule has 2 aliphatic carbocycles. The molecule has 0 radical (unpaired) electrons. The smallest absolute Gasteiger partial charge is 0.407 e. The number of alkyl halides is 1. The number of amides is 4. The summed E-state index contributed by atoms with van der Waals surface area (Å²) in [6, 6.07) is 12.3. The number of hydrogen-bond acceptors (Lipinski definition) is 7. The fourth-order valence-corrected chi connectivity index (χ4v) is 9.67. The number of carbonyl (C=O) groups is 4. The number of nitrogens with zero attached hydrogens (tertiary/aromatic N) is 1. The van der Waals surface area contributed by atoms with E-state index in [1.807, 2.05) is 0 Å². The van der Waals surface area contributed by atoms with Gasteiger partial charge in [-0.15, -0.1) is 0 Å². The van der Waals surface area contributed by atoms with Gasteiger partial charge < -0.3 is 15.8 Å². The summed E-state index contributed by atoms with van der Waals surface area (Å²) in [6.45, 7) is 4.82. The lowest BCUT2D eigenvalue weighted by atomic mass is 9.75. The fourth-order valence-electron chi connectivity index (χ4n) is 8.68. The number of carbonyl (C=O) groups excluding carboxylic acids is 4. The highest BCUT2D eigenvalue weighted by molar-refractivity contribution is 7.90. The second-order valence-corrected chi connectivity index (χ2v) is 17.1. The minimum absolute atomic E-state index is 0.0478. The van der Waals surface area contributed by atoms with Crippen molar-refractivity contribution in [2.75, 3.05) is 13.2 Å². The molecule has 5 rings (SSSR count). The van der Waals surface area contributed by atoms with Crippen molar-refractivity contribution in [2.45, 2.75) is 108 Å². The summed E-state index contributed by atoms with van der Waals surface area (Å²) >= 11 is 0. The zero-order chi connectivity index (χ0) is 37.0. The van der Waals surface area contributed by atoms with Gasteiger partial charge in [0, 0.05) is 30.0 Å². The van der Waals surface area contributed by atoms with Crippen LogP contribution in [0.25, 0.3) is 0 Å². The molecule has 3 aliphatic rings. The van der Waals surface area contributed by atoms with E-state index in [1.54, 1.807) is 51.1 Å². The number of halogens is 1.